The van der Waals surface area contributed by atoms with E-state index in [9.17, 15) is 10.1 Å². The van der Waals surface area contributed by atoms with Crippen molar-refractivity contribution in [3.63, 3.8) is 0 Å². The molecule has 0 aromatic heterocycles. The molecule has 0 aliphatic heterocycles. The summed E-state index contributed by atoms with van der Waals surface area (Å²) in [5.41, 5.74) is 0.814. The van der Waals surface area contributed by atoms with E-state index in [2.05, 4.69) is 6.07 Å². The van der Waals surface area contributed by atoms with Crippen LogP contribution in [0.25, 0.3) is 0 Å². The first-order valence-corrected chi connectivity index (χ1v) is 6.11. The lowest BCUT2D eigenvalue weighted by Crippen LogP contribution is -2.30. The maximum Gasteiger partial charge on any atom is 0.304 e. The highest BCUT2D eigenvalue weighted by molar-refractivity contribution is 5.66. The number of ether oxygens (including phenoxy) is 1. The van der Waals surface area contributed by atoms with E-state index in [0.29, 0.717) is 18.8 Å². The van der Waals surface area contributed by atoms with Crippen molar-refractivity contribution >= 4 is 5.97 Å². The summed E-state index contributed by atoms with van der Waals surface area (Å²) in [6.07, 6.45) is 0.0238. The Labute approximate surface area is 113 Å². The van der Waals surface area contributed by atoms with E-state index < -0.39 is 12.0 Å². The van der Waals surface area contributed by atoms with Gasteiger partial charge in [-0.2, -0.15) is 5.26 Å². The molecule has 0 aliphatic carbocycles. The van der Waals surface area contributed by atoms with Crippen molar-refractivity contribution in [3.05, 3.63) is 29.8 Å². The molecule has 0 saturated carbocycles. The minimum absolute atomic E-state index is 0.0238. The van der Waals surface area contributed by atoms with E-state index in [0.717, 1.165) is 5.56 Å². The number of carboxylic acids is 1. The van der Waals surface area contributed by atoms with Gasteiger partial charge in [0.2, 0.25) is 0 Å². The highest BCUT2D eigenvalue weighted by Gasteiger charge is 2.19. The van der Waals surface area contributed by atoms with Gasteiger partial charge in [-0.05, 0) is 24.2 Å². The van der Waals surface area contributed by atoms with Crippen LogP contribution < -0.4 is 4.74 Å². The standard InChI is InChI=1S/C14H18N2O3/c1-3-16(8-7-14(17)18)13(10-15)11-5-4-6-12(9-11)19-2/h4-6,9,13H,3,7-8H2,1-2H3,(H,17,18). The number of carboxylic acid groups (broad SMARTS) is 1. The van der Waals surface area contributed by atoms with Gasteiger partial charge >= 0.3 is 5.97 Å². The molecule has 1 atom stereocenters. The van der Waals surface area contributed by atoms with Gasteiger partial charge in [-0.1, -0.05) is 19.1 Å². The van der Waals surface area contributed by atoms with E-state index in [-0.39, 0.29) is 6.42 Å². The summed E-state index contributed by atoms with van der Waals surface area (Å²) >= 11 is 0. The molecule has 1 rings (SSSR count). The van der Waals surface area contributed by atoms with Crippen LogP contribution in [0.2, 0.25) is 0 Å². The summed E-state index contributed by atoms with van der Waals surface area (Å²) in [5.74, 6) is -0.173. The number of benzene rings is 1. The molecule has 19 heavy (non-hydrogen) atoms. The van der Waals surface area contributed by atoms with Crippen LogP contribution in [0.5, 0.6) is 5.75 Å². The number of nitriles is 1. The summed E-state index contributed by atoms with van der Waals surface area (Å²) < 4.78 is 5.14. The first kappa shape index (κ1) is 15.0. The fraction of sp³-hybridized carbons (Fsp3) is 0.429. The number of aliphatic carboxylic acids is 1. The summed E-state index contributed by atoms with van der Waals surface area (Å²) in [6, 6.07) is 9.05. The van der Waals surface area contributed by atoms with E-state index >= 15 is 0 Å². The Morgan fingerprint density at radius 2 is 2.32 bits per heavy atom. The maximum atomic E-state index is 10.6. The molecule has 0 aliphatic rings. The predicted molar refractivity (Wildman–Crippen MR) is 70.8 cm³/mol. The molecule has 102 valence electrons. The van der Waals surface area contributed by atoms with Crippen LogP contribution in [-0.4, -0.2) is 36.2 Å². The number of methoxy groups -OCH3 is 1. The molecule has 1 unspecified atom stereocenters. The number of hydrogen-bond acceptors (Lipinski definition) is 4. The quantitative estimate of drug-likeness (QED) is 0.814. The smallest absolute Gasteiger partial charge is 0.304 e. The summed E-state index contributed by atoms with van der Waals surface area (Å²) in [6.45, 7) is 2.87. The second-order valence-electron chi connectivity index (χ2n) is 4.08. The third kappa shape index (κ3) is 4.27. The van der Waals surface area contributed by atoms with Crippen molar-refractivity contribution in [2.24, 2.45) is 0 Å². The van der Waals surface area contributed by atoms with Crippen molar-refractivity contribution in [1.82, 2.24) is 4.90 Å². The lowest BCUT2D eigenvalue weighted by Gasteiger charge is -2.25. The minimum atomic E-state index is -0.860. The van der Waals surface area contributed by atoms with Crippen LogP contribution >= 0.6 is 0 Å². The molecule has 1 aromatic rings. The van der Waals surface area contributed by atoms with E-state index in [4.69, 9.17) is 9.84 Å². The lowest BCUT2D eigenvalue weighted by atomic mass is 10.1. The first-order chi connectivity index (χ1) is 9.12. The molecule has 0 fully saturated rings. The van der Waals surface area contributed by atoms with Crippen LogP contribution in [0, 0.1) is 11.3 Å². The van der Waals surface area contributed by atoms with E-state index in [1.165, 1.54) is 0 Å². The molecule has 0 saturated heterocycles. The van der Waals surface area contributed by atoms with Gasteiger partial charge in [0.1, 0.15) is 11.8 Å². The normalized spacial score (nSPS) is 11.9. The Hall–Kier alpha value is -2.06. The topological polar surface area (TPSA) is 73.6 Å². The molecule has 0 amide bonds. The predicted octanol–water partition coefficient (Wildman–Crippen LogP) is 2.06. The lowest BCUT2D eigenvalue weighted by molar-refractivity contribution is -0.137. The molecule has 0 spiro atoms. The number of rotatable bonds is 7. The highest BCUT2D eigenvalue weighted by Crippen LogP contribution is 2.23. The Kier molecular flexibility index (Phi) is 5.83. The summed E-state index contributed by atoms with van der Waals surface area (Å²) in [7, 11) is 1.57. The van der Waals surface area contributed by atoms with Crippen LogP contribution in [0.3, 0.4) is 0 Å². The van der Waals surface area contributed by atoms with Gasteiger partial charge in [-0.25, -0.2) is 0 Å². The van der Waals surface area contributed by atoms with E-state index in [1.54, 1.807) is 13.2 Å². The zero-order chi connectivity index (χ0) is 14.3. The van der Waals surface area contributed by atoms with Crippen molar-refractivity contribution < 1.29 is 14.6 Å². The number of nitrogens with zero attached hydrogens (tertiary/aromatic N) is 2. The second-order valence-corrected chi connectivity index (χ2v) is 4.08. The maximum absolute atomic E-state index is 10.6. The molecular formula is C14H18N2O3. The van der Waals surface area contributed by atoms with Crippen LogP contribution in [0.15, 0.2) is 24.3 Å². The molecular weight excluding hydrogens is 244 g/mol. The van der Waals surface area contributed by atoms with Gasteiger partial charge in [0, 0.05) is 6.54 Å². The van der Waals surface area contributed by atoms with Gasteiger partial charge in [0.25, 0.3) is 0 Å². The van der Waals surface area contributed by atoms with Crippen LogP contribution in [-0.2, 0) is 4.79 Å². The Morgan fingerprint density at radius 3 is 2.84 bits per heavy atom. The van der Waals surface area contributed by atoms with Crippen molar-refractivity contribution in [3.8, 4) is 11.8 Å². The van der Waals surface area contributed by atoms with Crippen LogP contribution in [0.4, 0.5) is 0 Å². The summed E-state index contributed by atoms with van der Waals surface area (Å²) in [5, 5.41) is 18.1. The molecule has 1 N–H and O–H groups in total. The molecule has 0 radical (unpaired) electrons. The van der Waals surface area contributed by atoms with Crippen molar-refractivity contribution in [2.45, 2.75) is 19.4 Å². The molecule has 5 heteroatoms. The van der Waals surface area contributed by atoms with Crippen molar-refractivity contribution in [1.29, 1.82) is 5.26 Å². The monoisotopic (exact) mass is 262 g/mol. The third-order valence-electron chi connectivity index (χ3n) is 2.92. The van der Waals surface area contributed by atoms with Gasteiger partial charge in [0.05, 0.1) is 19.6 Å². The average Bonchev–Trinajstić information content (AvgIpc) is 2.43. The second kappa shape index (κ2) is 7.39. The van der Waals surface area contributed by atoms with Gasteiger partial charge in [-0.3, -0.25) is 9.69 Å². The third-order valence-corrected chi connectivity index (χ3v) is 2.92. The summed E-state index contributed by atoms with van der Waals surface area (Å²) in [4.78, 5) is 12.5. The number of hydrogen-bond donors (Lipinski definition) is 1. The Morgan fingerprint density at radius 1 is 1.58 bits per heavy atom. The van der Waals surface area contributed by atoms with Gasteiger partial charge < -0.3 is 9.84 Å². The first-order valence-electron chi connectivity index (χ1n) is 6.11. The zero-order valence-electron chi connectivity index (χ0n) is 11.2. The Balaban J connectivity index is 2.90. The van der Waals surface area contributed by atoms with Gasteiger partial charge in [-0.15, -0.1) is 0 Å². The zero-order valence-corrected chi connectivity index (χ0v) is 11.2. The Bertz CT molecular complexity index is 468. The average molecular weight is 262 g/mol. The number of carbonyl (C=O) groups is 1. The fourth-order valence-corrected chi connectivity index (χ4v) is 1.89. The van der Waals surface area contributed by atoms with Crippen molar-refractivity contribution in [2.75, 3.05) is 20.2 Å². The fourth-order valence-electron chi connectivity index (χ4n) is 1.89. The molecule has 0 heterocycles. The molecule has 1 aromatic carbocycles. The molecule has 0 bridgehead atoms. The molecule has 5 nitrogen and oxygen atoms in total. The highest BCUT2D eigenvalue weighted by atomic mass is 16.5. The minimum Gasteiger partial charge on any atom is -0.497 e. The van der Waals surface area contributed by atoms with E-state index in [1.807, 2.05) is 30.0 Å². The van der Waals surface area contributed by atoms with Crippen LogP contribution in [0.1, 0.15) is 24.9 Å². The SMILES string of the molecule is CCN(CCC(=O)O)C(C#N)c1cccc(OC)c1. The largest absolute Gasteiger partial charge is 0.497 e. The van der Waals surface area contributed by atoms with Gasteiger partial charge in [0.15, 0.2) is 0 Å².